The van der Waals surface area contributed by atoms with Crippen molar-refractivity contribution in [3.63, 3.8) is 0 Å². The lowest BCUT2D eigenvalue weighted by atomic mass is 9.79. The SMILES string of the molecule is CCCNCC1(CN2CCOC(CC)C2)CCOCC1. The van der Waals surface area contributed by atoms with Gasteiger partial charge in [-0.25, -0.2) is 0 Å². The molecule has 0 bridgehead atoms. The highest BCUT2D eigenvalue weighted by atomic mass is 16.5. The normalized spacial score (nSPS) is 27.6. The van der Waals surface area contributed by atoms with Gasteiger partial charge >= 0.3 is 0 Å². The van der Waals surface area contributed by atoms with Crippen molar-refractivity contribution < 1.29 is 9.47 Å². The molecule has 0 aromatic rings. The number of nitrogens with one attached hydrogen (secondary N) is 1. The van der Waals surface area contributed by atoms with Gasteiger partial charge in [0, 0.05) is 39.4 Å². The summed E-state index contributed by atoms with van der Waals surface area (Å²) < 4.78 is 11.4. The molecule has 1 N–H and O–H groups in total. The largest absolute Gasteiger partial charge is 0.381 e. The first kappa shape index (κ1) is 16.2. The van der Waals surface area contributed by atoms with E-state index in [1.807, 2.05) is 0 Å². The highest BCUT2D eigenvalue weighted by Gasteiger charge is 2.35. The Labute approximate surface area is 124 Å². The van der Waals surface area contributed by atoms with E-state index in [0.29, 0.717) is 11.5 Å². The Bertz CT molecular complexity index is 267. The van der Waals surface area contributed by atoms with Gasteiger partial charge < -0.3 is 14.8 Å². The topological polar surface area (TPSA) is 33.7 Å². The molecule has 4 nitrogen and oxygen atoms in total. The summed E-state index contributed by atoms with van der Waals surface area (Å²) in [6.07, 6.45) is 5.16. The molecule has 0 spiro atoms. The minimum atomic E-state index is 0.406. The smallest absolute Gasteiger partial charge is 0.0700 e. The first-order valence-corrected chi connectivity index (χ1v) is 8.40. The van der Waals surface area contributed by atoms with Gasteiger partial charge in [0.2, 0.25) is 0 Å². The van der Waals surface area contributed by atoms with Gasteiger partial charge in [0.15, 0.2) is 0 Å². The van der Waals surface area contributed by atoms with Crippen LogP contribution in [0.5, 0.6) is 0 Å². The monoisotopic (exact) mass is 284 g/mol. The number of morpholine rings is 1. The van der Waals surface area contributed by atoms with Crippen LogP contribution < -0.4 is 5.32 Å². The highest BCUT2D eigenvalue weighted by Crippen LogP contribution is 2.31. The van der Waals surface area contributed by atoms with Crippen LogP contribution in [0.4, 0.5) is 0 Å². The molecule has 2 aliphatic rings. The van der Waals surface area contributed by atoms with Gasteiger partial charge in [0.05, 0.1) is 12.7 Å². The maximum Gasteiger partial charge on any atom is 0.0700 e. The Morgan fingerprint density at radius 3 is 2.70 bits per heavy atom. The van der Waals surface area contributed by atoms with Crippen molar-refractivity contribution in [3.8, 4) is 0 Å². The third kappa shape index (κ3) is 4.69. The fourth-order valence-electron chi connectivity index (χ4n) is 3.37. The van der Waals surface area contributed by atoms with Crippen LogP contribution >= 0.6 is 0 Å². The molecule has 0 radical (unpaired) electrons. The molecule has 2 fully saturated rings. The van der Waals surface area contributed by atoms with Gasteiger partial charge in [-0.05, 0) is 37.6 Å². The standard InChI is InChI=1S/C16H32N2O2/c1-3-7-17-13-16(5-9-19-10-6-16)14-18-8-11-20-15(4-2)12-18/h15,17H,3-14H2,1-2H3. The summed E-state index contributed by atoms with van der Waals surface area (Å²) in [7, 11) is 0. The van der Waals surface area contributed by atoms with Crippen molar-refractivity contribution >= 4 is 0 Å². The quantitative estimate of drug-likeness (QED) is 0.724. The van der Waals surface area contributed by atoms with E-state index in [1.165, 1.54) is 25.8 Å². The lowest BCUT2D eigenvalue weighted by Crippen LogP contribution is -2.51. The summed E-state index contributed by atoms with van der Waals surface area (Å²) in [5.74, 6) is 0. The Balaban J connectivity index is 1.88. The Morgan fingerprint density at radius 2 is 2.00 bits per heavy atom. The van der Waals surface area contributed by atoms with Crippen LogP contribution in [0, 0.1) is 5.41 Å². The number of rotatable bonds is 7. The summed E-state index contributed by atoms with van der Waals surface area (Å²) in [4.78, 5) is 2.62. The highest BCUT2D eigenvalue weighted by molar-refractivity contribution is 4.88. The van der Waals surface area contributed by atoms with E-state index < -0.39 is 0 Å². The molecule has 2 aliphatic heterocycles. The van der Waals surface area contributed by atoms with Crippen LogP contribution in [0.2, 0.25) is 0 Å². The minimum absolute atomic E-state index is 0.406. The first-order valence-electron chi connectivity index (χ1n) is 8.40. The second-order valence-electron chi connectivity index (χ2n) is 6.43. The maximum absolute atomic E-state index is 5.80. The Hall–Kier alpha value is -0.160. The molecule has 0 aromatic heterocycles. The van der Waals surface area contributed by atoms with Crippen LogP contribution in [-0.2, 0) is 9.47 Å². The zero-order chi connectivity index (χ0) is 14.3. The van der Waals surface area contributed by atoms with E-state index in [2.05, 4.69) is 24.1 Å². The van der Waals surface area contributed by atoms with E-state index in [0.717, 1.165) is 52.4 Å². The molecule has 0 amide bonds. The summed E-state index contributed by atoms with van der Waals surface area (Å²) in [5.41, 5.74) is 0.406. The van der Waals surface area contributed by atoms with Gasteiger partial charge in [-0.2, -0.15) is 0 Å². The van der Waals surface area contributed by atoms with Crippen LogP contribution in [-0.4, -0.2) is 63.5 Å². The second kappa shape index (κ2) is 8.32. The van der Waals surface area contributed by atoms with Gasteiger partial charge in [-0.3, -0.25) is 4.90 Å². The summed E-state index contributed by atoms with van der Waals surface area (Å²) in [6, 6.07) is 0. The van der Waals surface area contributed by atoms with Crippen molar-refractivity contribution in [2.24, 2.45) is 5.41 Å². The number of ether oxygens (including phenoxy) is 2. The summed E-state index contributed by atoms with van der Waals surface area (Å²) >= 11 is 0. The third-order valence-electron chi connectivity index (χ3n) is 4.72. The molecule has 2 rings (SSSR count). The van der Waals surface area contributed by atoms with Crippen molar-refractivity contribution in [2.45, 2.75) is 45.6 Å². The van der Waals surface area contributed by atoms with Gasteiger partial charge in [-0.15, -0.1) is 0 Å². The van der Waals surface area contributed by atoms with Crippen LogP contribution in [0.1, 0.15) is 39.5 Å². The first-order chi connectivity index (χ1) is 9.78. The fraction of sp³-hybridized carbons (Fsp3) is 1.00. The second-order valence-corrected chi connectivity index (χ2v) is 6.43. The van der Waals surface area contributed by atoms with Gasteiger partial charge in [-0.1, -0.05) is 13.8 Å². The molecular weight excluding hydrogens is 252 g/mol. The van der Waals surface area contributed by atoms with E-state index in [9.17, 15) is 0 Å². The maximum atomic E-state index is 5.80. The predicted molar refractivity (Wildman–Crippen MR) is 82.1 cm³/mol. The van der Waals surface area contributed by atoms with E-state index in [-0.39, 0.29) is 0 Å². The zero-order valence-electron chi connectivity index (χ0n) is 13.3. The van der Waals surface area contributed by atoms with E-state index in [4.69, 9.17) is 9.47 Å². The van der Waals surface area contributed by atoms with E-state index in [1.54, 1.807) is 0 Å². The van der Waals surface area contributed by atoms with E-state index >= 15 is 0 Å². The molecule has 0 aromatic carbocycles. The van der Waals surface area contributed by atoms with Crippen LogP contribution in [0.25, 0.3) is 0 Å². The lowest BCUT2D eigenvalue weighted by molar-refractivity contribution is -0.0599. The molecule has 20 heavy (non-hydrogen) atoms. The Kier molecular flexibility index (Phi) is 6.75. The zero-order valence-corrected chi connectivity index (χ0v) is 13.3. The number of hydrogen-bond acceptors (Lipinski definition) is 4. The van der Waals surface area contributed by atoms with Crippen molar-refractivity contribution in [2.75, 3.05) is 52.5 Å². The average molecular weight is 284 g/mol. The fourth-order valence-corrected chi connectivity index (χ4v) is 3.37. The molecular formula is C16H32N2O2. The number of hydrogen-bond donors (Lipinski definition) is 1. The van der Waals surface area contributed by atoms with Crippen LogP contribution in [0.15, 0.2) is 0 Å². The molecule has 0 saturated carbocycles. The average Bonchev–Trinajstić information content (AvgIpc) is 2.48. The van der Waals surface area contributed by atoms with Gasteiger partial charge in [0.25, 0.3) is 0 Å². The van der Waals surface area contributed by atoms with Crippen molar-refractivity contribution in [1.82, 2.24) is 10.2 Å². The number of nitrogens with zero attached hydrogens (tertiary/aromatic N) is 1. The minimum Gasteiger partial charge on any atom is -0.381 e. The molecule has 0 aliphatic carbocycles. The molecule has 4 heteroatoms. The summed E-state index contributed by atoms with van der Waals surface area (Å²) in [6.45, 7) is 12.9. The van der Waals surface area contributed by atoms with Gasteiger partial charge in [0.1, 0.15) is 0 Å². The third-order valence-corrected chi connectivity index (χ3v) is 4.72. The molecule has 1 unspecified atom stereocenters. The molecule has 2 saturated heterocycles. The Morgan fingerprint density at radius 1 is 1.20 bits per heavy atom. The van der Waals surface area contributed by atoms with Crippen molar-refractivity contribution in [3.05, 3.63) is 0 Å². The lowest BCUT2D eigenvalue weighted by Gasteiger charge is -2.43. The molecule has 2 heterocycles. The molecule has 1 atom stereocenters. The predicted octanol–water partition coefficient (Wildman–Crippen LogP) is 1.89. The van der Waals surface area contributed by atoms with Crippen LogP contribution in [0.3, 0.4) is 0 Å². The molecule has 118 valence electrons. The van der Waals surface area contributed by atoms with Crippen molar-refractivity contribution in [1.29, 1.82) is 0 Å². The summed E-state index contributed by atoms with van der Waals surface area (Å²) in [5, 5.41) is 3.65.